The quantitative estimate of drug-likeness (QED) is 0.710. The standard InChI is InChI=1S/C13H15N7/c14-11(6-10-4-2-1-3-5-10)13-17-12(18-19-13)7-20-9-15-8-16-20/h1-5,8-9,11H,6-7,14H2,(H,17,18,19). The molecular formula is C13H15N7. The second-order valence-corrected chi connectivity index (χ2v) is 4.53. The average molecular weight is 269 g/mol. The molecule has 0 bridgehead atoms. The number of nitrogens with one attached hydrogen (secondary N) is 1. The molecule has 7 heteroatoms. The first kappa shape index (κ1) is 12.5. The van der Waals surface area contributed by atoms with E-state index in [1.54, 1.807) is 11.0 Å². The molecule has 0 amide bonds. The minimum atomic E-state index is -0.224. The summed E-state index contributed by atoms with van der Waals surface area (Å²) < 4.78 is 1.67. The number of benzene rings is 1. The molecule has 0 radical (unpaired) electrons. The van der Waals surface area contributed by atoms with E-state index in [1.165, 1.54) is 11.9 Å². The van der Waals surface area contributed by atoms with Crippen LogP contribution in [0.3, 0.4) is 0 Å². The maximum absolute atomic E-state index is 6.13. The number of rotatable bonds is 5. The third-order valence-electron chi connectivity index (χ3n) is 2.96. The lowest BCUT2D eigenvalue weighted by Gasteiger charge is -2.06. The van der Waals surface area contributed by atoms with E-state index in [9.17, 15) is 0 Å². The molecule has 1 unspecified atom stereocenters. The summed E-state index contributed by atoms with van der Waals surface area (Å²) in [6, 6.07) is 9.84. The molecule has 0 fully saturated rings. The van der Waals surface area contributed by atoms with Crippen molar-refractivity contribution in [2.75, 3.05) is 0 Å². The van der Waals surface area contributed by atoms with E-state index in [2.05, 4.69) is 25.3 Å². The van der Waals surface area contributed by atoms with Gasteiger partial charge in [0.25, 0.3) is 0 Å². The highest BCUT2D eigenvalue weighted by atomic mass is 15.3. The fourth-order valence-corrected chi connectivity index (χ4v) is 1.97. The SMILES string of the molecule is NC(Cc1ccccc1)c1n[nH]c(Cn2cncn2)n1. The van der Waals surface area contributed by atoms with E-state index >= 15 is 0 Å². The van der Waals surface area contributed by atoms with E-state index in [1.807, 2.05) is 30.3 Å². The molecule has 2 aromatic heterocycles. The average Bonchev–Trinajstić information content (AvgIpc) is 3.12. The van der Waals surface area contributed by atoms with Gasteiger partial charge in [-0.15, -0.1) is 0 Å². The topological polar surface area (TPSA) is 98.3 Å². The van der Waals surface area contributed by atoms with Gasteiger partial charge in [-0.1, -0.05) is 30.3 Å². The summed E-state index contributed by atoms with van der Waals surface area (Å²) in [6.45, 7) is 0.505. The van der Waals surface area contributed by atoms with Crippen molar-refractivity contribution < 1.29 is 0 Å². The summed E-state index contributed by atoms with van der Waals surface area (Å²) >= 11 is 0. The molecular weight excluding hydrogens is 254 g/mol. The number of nitrogens with zero attached hydrogens (tertiary/aromatic N) is 5. The number of nitrogens with two attached hydrogens (primary N) is 1. The molecule has 3 aromatic rings. The van der Waals surface area contributed by atoms with Crippen LogP contribution in [0.5, 0.6) is 0 Å². The molecule has 0 aliphatic carbocycles. The van der Waals surface area contributed by atoms with Crippen molar-refractivity contribution in [3.05, 3.63) is 60.2 Å². The van der Waals surface area contributed by atoms with E-state index in [0.29, 0.717) is 24.6 Å². The molecule has 0 aliphatic heterocycles. The Morgan fingerprint density at radius 1 is 1.25 bits per heavy atom. The van der Waals surface area contributed by atoms with Gasteiger partial charge in [-0.3, -0.25) is 5.10 Å². The first-order valence-corrected chi connectivity index (χ1v) is 6.34. The zero-order valence-corrected chi connectivity index (χ0v) is 10.8. The van der Waals surface area contributed by atoms with Gasteiger partial charge in [-0.25, -0.2) is 14.6 Å². The lowest BCUT2D eigenvalue weighted by Crippen LogP contribution is -2.15. The summed E-state index contributed by atoms with van der Waals surface area (Å²) in [6.07, 6.45) is 3.83. The second-order valence-electron chi connectivity index (χ2n) is 4.53. The molecule has 0 aliphatic rings. The number of aromatic amines is 1. The minimum absolute atomic E-state index is 0.224. The maximum Gasteiger partial charge on any atom is 0.167 e. The summed E-state index contributed by atoms with van der Waals surface area (Å²) in [5.41, 5.74) is 7.30. The molecule has 3 N–H and O–H groups in total. The Balaban J connectivity index is 1.67. The normalized spacial score (nSPS) is 12.4. The molecule has 1 atom stereocenters. The van der Waals surface area contributed by atoms with Gasteiger partial charge in [0.15, 0.2) is 5.82 Å². The first-order valence-electron chi connectivity index (χ1n) is 6.34. The van der Waals surface area contributed by atoms with Gasteiger partial charge >= 0.3 is 0 Å². The zero-order chi connectivity index (χ0) is 13.8. The molecule has 7 nitrogen and oxygen atoms in total. The summed E-state index contributed by atoms with van der Waals surface area (Å²) in [7, 11) is 0. The van der Waals surface area contributed by atoms with Crippen molar-refractivity contribution in [1.82, 2.24) is 29.9 Å². The Morgan fingerprint density at radius 3 is 2.85 bits per heavy atom. The Labute approximate surface area is 115 Å². The fourth-order valence-electron chi connectivity index (χ4n) is 1.97. The number of hydrogen-bond donors (Lipinski definition) is 2. The molecule has 3 rings (SSSR count). The fraction of sp³-hybridized carbons (Fsp3) is 0.231. The molecule has 20 heavy (non-hydrogen) atoms. The van der Waals surface area contributed by atoms with Crippen LogP contribution < -0.4 is 5.73 Å². The van der Waals surface area contributed by atoms with Gasteiger partial charge in [0.2, 0.25) is 0 Å². The van der Waals surface area contributed by atoms with Gasteiger partial charge in [-0.05, 0) is 12.0 Å². The molecule has 0 saturated carbocycles. The van der Waals surface area contributed by atoms with Crippen LogP contribution >= 0.6 is 0 Å². The van der Waals surface area contributed by atoms with Gasteiger partial charge in [0.05, 0.1) is 6.04 Å². The summed E-state index contributed by atoms with van der Waals surface area (Å²) in [5.74, 6) is 1.33. The smallest absolute Gasteiger partial charge is 0.167 e. The monoisotopic (exact) mass is 269 g/mol. The third kappa shape index (κ3) is 2.89. The van der Waals surface area contributed by atoms with Gasteiger partial charge < -0.3 is 5.73 Å². The number of hydrogen-bond acceptors (Lipinski definition) is 5. The Morgan fingerprint density at radius 2 is 2.10 bits per heavy atom. The molecule has 0 spiro atoms. The summed E-state index contributed by atoms with van der Waals surface area (Å²) in [5, 5.41) is 11.1. The lowest BCUT2D eigenvalue weighted by atomic mass is 10.1. The van der Waals surface area contributed by atoms with E-state index in [0.717, 1.165) is 0 Å². The van der Waals surface area contributed by atoms with E-state index < -0.39 is 0 Å². The Hall–Kier alpha value is -2.54. The van der Waals surface area contributed by atoms with Crippen molar-refractivity contribution >= 4 is 0 Å². The molecule has 102 valence electrons. The van der Waals surface area contributed by atoms with Crippen LogP contribution in [0.25, 0.3) is 0 Å². The van der Waals surface area contributed by atoms with Crippen molar-refractivity contribution in [3.63, 3.8) is 0 Å². The van der Waals surface area contributed by atoms with Crippen LogP contribution in [0.1, 0.15) is 23.3 Å². The predicted molar refractivity (Wildman–Crippen MR) is 72.6 cm³/mol. The number of H-pyrrole nitrogens is 1. The van der Waals surface area contributed by atoms with Gasteiger partial charge in [0.1, 0.15) is 25.0 Å². The van der Waals surface area contributed by atoms with Crippen LogP contribution in [-0.4, -0.2) is 29.9 Å². The van der Waals surface area contributed by atoms with Crippen molar-refractivity contribution in [2.24, 2.45) is 5.73 Å². The Kier molecular flexibility index (Phi) is 3.51. The van der Waals surface area contributed by atoms with Crippen molar-refractivity contribution in [2.45, 2.75) is 19.0 Å². The first-order chi connectivity index (χ1) is 9.81. The van der Waals surface area contributed by atoms with E-state index in [-0.39, 0.29) is 6.04 Å². The highest BCUT2D eigenvalue weighted by Gasteiger charge is 2.13. The summed E-state index contributed by atoms with van der Waals surface area (Å²) in [4.78, 5) is 8.28. The van der Waals surface area contributed by atoms with Crippen LogP contribution in [0.15, 0.2) is 43.0 Å². The predicted octanol–water partition coefficient (Wildman–Crippen LogP) is 0.687. The third-order valence-corrected chi connectivity index (χ3v) is 2.96. The van der Waals surface area contributed by atoms with Crippen molar-refractivity contribution in [1.29, 1.82) is 0 Å². The van der Waals surface area contributed by atoms with Crippen LogP contribution in [0.4, 0.5) is 0 Å². The number of aromatic nitrogens is 6. The lowest BCUT2D eigenvalue weighted by molar-refractivity contribution is 0.650. The van der Waals surface area contributed by atoms with Crippen molar-refractivity contribution in [3.8, 4) is 0 Å². The largest absolute Gasteiger partial charge is 0.321 e. The van der Waals surface area contributed by atoms with Crippen LogP contribution in [0.2, 0.25) is 0 Å². The highest BCUT2D eigenvalue weighted by molar-refractivity contribution is 5.17. The minimum Gasteiger partial charge on any atom is -0.321 e. The van der Waals surface area contributed by atoms with Crippen LogP contribution in [-0.2, 0) is 13.0 Å². The second kappa shape index (κ2) is 5.62. The van der Waals surface area contributed by atoms with Gasteiger partial charge in [0, 0.05) is 0 Å². The van der Waals surface area contributed by atoms with Gasteiger partial charge in [-0.2, -0.15) is 10.2 Å². The Bertz CT molecular complexity index is 644. The highest BCUT2D eigenvalue weighted by Crippen LogP contribution is 2.12. The van der Waals surface area contributed by atoms with E-state index in [4.69, 9.17) is 5.73 Å². The molecule has 0 saturated heterocycles. The zero-order valence-electron chi connectivity index (χ0n) is 10.8. The molecule has 1 aromatic carbocycles. The van der Waals surface area contributed by atoms with Crippen LogP contribution in [0, 0.1) is 0 Å². The maximum atomic E-state index is 6.13. The molecule has 2 heterocycles.